The molecule has 0 aliphatic heterocycles. The Hall–Kier alpha value is -1.91. The number of carbonyl (C=O) groups is 1. The Morgan fingerprint density at radius 3 is 2.64 bits per heavy atom. The molecule has 4 nitrogen and oxygen atoms in total. The molecule has 0 aliphatic carbocycles. The van der Waals surface area contributed by atoms with Gasteiger partial charge in [-0.15, -0.1) is 0 Å². The predicted octanol–water partition coefficient (Wildman–Crippen LogP) is 2.94. The number of hydrogen-bond acceptors (Lipinski definition) is 4. The highest BCUT2D eigenvalue weighted by Gasteiger charge is 2.19. The summed E-state index contributed by atoms with van der Waals surface area (Å²) in [5, 5.41) is 20.4. The lowest BCUT2D eigenvalue weighted by Gasteiger charge is -2.24. The predicted molar refractivity (Wildman–Crippen MR) is 86.4 cm³/mol. The third kappa shape index (κ3) is 3.84. The number of aliphatic hydroxyl groups excluding tert-OH is 2. The molecule has 0 radical (unpaired) electrons. The SMILES string of the molecule is CC(O)CC(=O)c1cccc2cc(OC(C)(C)CO)ccc12. The number of ketones is 1. The van der Waals surface area contributed by atoms with E-state index in [0.717, 1.165) is 10.8 Å². The maximum Gasteiger partial charge on any atom is 0.166 e. The van der Waals surface area contributed by atoms with Gasteiger partial charge in [0.05, 0.1) is 12.7 Å². The molecule has 0 saturated heterocycles. The van der Waals surface area contributed by atoms with Crippen LogP contribution in [0.2, 0.25) is 0 Å². The van der Waals surface area contributed by atoms with Crippen LogP contribution in [0, 0.1) is 0 Å². The number of carbonyl (C=O) groups excluding carboxylic acids is 1. The smallest absolute Gasteiger partial charge is 0.166 e. The molecule has 22 heavy (non-hydrogen) atoms. The van der Waals surface area contributed by atoms with Crippen LogP contribution in [-0.2, 0) is 0 Å². The molecule has 0 heterocycles. The molecule has 2 N–H and O–H groups in total. The molecule has 0 fully saturated rings. The van der Waals surface area contributed by atoms with E-state index in [0.29, 0.717) is 11.3 Å². The van der Waals surface area contributed by atoms with Crippen molar-refractivity contribution in [1.29, 1.82) is 0 Å². The number of hydrogen-bond donors (Lipinski definition) is 2. The molecule has 0 saturated carbocycles. The van der Waals surface area contributed by atoms with Gasteiger partial charge in [-0.25, -0.2) is 0 Å². The van der Waals surface area contributed by atoms with E-state index in [1.165, 1.54) is 0 Å². The number of ether oxygens (including phenoxy) is 1. The van der Waals surface area contributed by atoms with Gasteiger partial charge in [0.25, 0.3) is 0 Å². The first-order valence-electron chi connectivity index (χ1n) is 7.36. The largest absolute Gasteiger partial charge is 0.485 e. The average molecular weight is 302 g/mol. The minimum atomic E-state index is -0.659. The van der Waals surface area contributed by atoms with Gasteiger partial charge in [-0.1, -0.05) is 18.2 Å². The number of aliphatic hydroxyl groups is 2. The fourth-order valence-corrected chi connectivity index (χ4v) is 2.30. The second-order valence-electron chi connectivity index (χ2n) is 6.18. The summed E-state index contributed by atoms with van der Waals surface area (Å²) in [7, 11) is 0. The molecular weight excluding hydrogens is 280 g/mol. The Bertz CT molecular complexity index is 674. The fraction of sp³-hybridized carbons (Fsp3) is 0.389. The Labute approximate surface area is 130 Å². The minimum Gasteiger partial charge on any atom is -0.485 e. The van der Waals surface area contributed by atoms with Crippen LogP contribution in [0.3, 0.4) is 0 Å². The topological polar surface area (TPSA) is 66.8 Å². The van der Waals surface area contributed by atoms with Crippen LogP contribution in [-0.4, -0.2) is 34.3 Å². The van der Waals surface area contributed by atoms with Crippen LogP contribution in [0.15, 0.2) is 36.4 Å². The summed E-state index contributed by atoms with van der Waals surface area (Å²) < 4.78 is 5.75. The lowest BCUT2D eigenvalue weighted by atomic mass is 9.98. The lowest BCUT2D eigenvalue weighted by molar-refractivity contribution is 0.0414. The zero-order chi connectivity index (χ0) is 16.3. The Morgan fingerprint density at radius 1 is 1.27 bits per heavy atom. The van der Waals surface area contributed by atoms with Gasteiger partial charge in [0.1, 0.15) is 11.4 Å². The Kier molecular flexibility index (Phi) is 4.84. The van der Waals surface area contributed by atoms with Crippen molar-refractivity contribution in [1.82, 2.24) is 0 Å². The van der Waals surface area contributed by atoms with Gasteiger partial charge in [-0.2, -0.15) is 0 Å². The highest BCUT2D eigenvalue weighted by molar-refractivity contribution is 6.08. The molecule has 2 aromatic carbocycles. The highest BCUT2D eigenvalue weighted by atomic mass is 16.5. The van der Waals surface area contributed by atoms with Crippen molar-refractivity contribution in [3.05, 3.63) is 42.0 Å². The zero-order valence-electron chi connectivity index (χ0n) is 13.2. The molecule has 2 aromatic rings. The second-order valence-corrected chi connectivity index (χ2v) is 6.18. The monoisotopic (exact) mass is 302 g/mol. The molecule has 118 valence electrons. The van der Waals surface area contributed by atoms with Crippen molar-refractivity contribution in [3.8, 4) is 5.75 Å². The van der Waals surface area contributed by atoms with Crippen LogP contribution in [0.25, 0.3) is 10.8 Å². The van der Waals surface area contributed by atoms with E-state index in [2.05, 4.69) is 0 Å². The van der Waals surface area contributed by atoms with Crippen LogP contribution in [0.1, 0.15) is 37.6 Å². The summed E-state index contributed by atoms with van der Waals surface area (Å²) in [6, 6.07) is 11.0. The normalized spacial score (nSPS) is 13.1. The van der Waals surface area contributed by atoms with Gasteiger partial charge < -0.3 is 14.9 Å². The second kappa shape index (κ2) is 6.46. The van der Waals surface area contributed by atoms with E-state index in [4.69, 9.17) is 4.74 Å². The molecule has 0 aromatic heterocycles. The maximum absolute atomic E-state index is 12.2. The van der Waals surface area contributed by atoms with Gasteiger partial charge in [0.2, 0.25) is 0 Å². The molecule has 1 unspecified atom stereocenters. The summed E-state index contributed by atoms with van der Waals surface area (Å²) in [6.07, 6.45) is -0.551. The summed E-state index contributed by atoms with van der Waals surface area (Å²) in [5.74, 6) is 0.566. The first-order chi connectivity index (χ1) is 10.3. The van der Waals surface area contributed by atoms with Crippen LogP contribution >= 0.6 is 0 Å². The van der Waals surface area contributed by atoms with Crippen molar-refractivity contribution in [3.63, 3.8) is 0 Å². The van der Waals surface area contributed by atoms with E-state index in [-0.39, 0.29) is 18.8 Å². The molecule has 4 heteroatoms. The van der Waals surface area contributed by atoms with E-state index >= 15 is 0 Å². The molecule has 0 amide bonds. The Balaban J connectivity index is 2.38. The van der Waals surface area contributed by atoms with Crippen LogP contribution in [0.5, 0.6) is 5.75 Å². The standard InChI is InChI=1S/C18H22O4/c1-12(20)9-17(21)16-6-4-5-13-10-14(7-8-15(13)16)22-18(2,3)11-19/h4-8,10,12,19-20H,9,11H2,1-3H3. The third-order valence-corrected chi connectivity index (χ3v) is 3.41. The number of rotatable bonds is 6. The molecule has 0 bridgehead atoms. The maximum atomic E-state index is 12.2. The van der Waals surface area contributed by atoms with Crippen LogP contribution in [0.4, 0.5) is 0 Å². The quantitative estimate of drug-likeness (QED) is 0.805. The third-order valence-electron chi connectivity index (χ3n) is 3.41. The molecule has 2 rings (SSSR count). The van der Waals surface area contributed by atoms with Crippen molar-refractivity contribution in [2.24, 2.45) is 0 Å². The van der Waals surface area contributed by atoms with E-state index in [9.17, 15) is 15.0 Å². The average Bonchev–Trinajstić information content (AvgIpc) is 2.45. The van der Waals surface area contributed by atoms with Crippen molar-refractivity contribution >= 4 is 16.6 Å². The van der Waals surface area contributed by atoms with Crippen LogP contribution < -0.4 is 4.74 Å². The first-order valence-corrected chi connectivity index (χ1v) is 7.36. The molecule has 0 spiro atoms. The molecule has 1 atom stereocenters. The fourth-order valence-electron chi connectivity index (χ4n) is 2.30. The van der Waals surface area contributed by atoms with Gasteiger partial charge in [-0.3, -0.25) is 4.79 Å². The summed E-state index contributed by atoms with van der Waals surface area (Å²) in [6.45, 7) is 5.13. The number of Topliss-reactive ketones (excluding diaryl/α,β-unsaturated/α-hetero) is 1. The minimum absolute atomic E-state index is 0.0787. The number of benzene rings is 2. The van der Waals surface area contributed by atoms with E-state index in [1.807, 2.05) is 24.3 Å². The van der Waals surface area contributed by atoms with Crippen molar-refractivity contribution < 1.29 is 19.7 Å². The highest BCUT2D eigenvalue weighted by Crippen LogP contribution is 2.27. The van der Waals surface area contributed by atoms with Gasteiger partial charge >= 0.3 is 0 Å². The molecular formula is C18H22O4. The number of fused-ring (bicyclic) bond motifs is 1. The zero-order valence-corrected chi connectivity index (χ0v) is 13.2. The lowest BCUT2D eigenvalue weighted by Crippen LogP contribution is -2.32. The Morgan fingerprint density at radius 2 is 2.00 bits per heavy atom. The molecule has 0 aliphatic rings. The van der Waals surface area contributed by atoms with Gasteiger partial charge in [0.15, 0.2) is 5.78 Å². The summed E-state index contributed by atoms with van der Waals surface area (Å²) in [5.41, 5.74) is -0.0562. The van der Waals surface area contributed by atoms with Gasteiger partial charge in [-0.05, 0) is 49.7 Å². The van der Waals surface area contributed by atoms with E-state index in [1.54, 1.807) is 32.9 Å². The van der Waals surface area contributed by atoms with Crippen molar-refractivity contribution in [2.75, 3.05) is 6.61 Å². The first kappa shape index (κ1) is 16.5. The van der Waals surface area contributed by atoms with Crippen molar-refractivity contribution in [2.45, 2.75) is 38.9 Å². The van der Waals surface area contributed by atoms with E-state index < -0.39 is 11.7 Å². The summed E-state index contributed by atoms with van der Waals surface area (Å²) in [4.78, 5) is 12.2. The van der Waals surface area contributed by atoms with Gasteiger partial charge in [0, 0.05) is 12.0 Å². The summed E-state index contributed by atoms with van der Waals surface area (Å²) >= 11 is 0.